The first-order valence-electron chi connectivity index (χ1n) is 3.13. The highest BCUT2D eigenvalue weighted by atomic mass is 16.9. The maximum Gasteiger partial charge on any atom is 0.538 e. The highest BCUT2D eigenvalue weighted by molar-refractivity contribution is 5.77. The molecule has 0 bridgehead atoms. The van der Waals surface area contributed by atoms with E-state index in [9.17, 15) is 9.59 Å². The van der Waals surface area contributed by atoms with E-state index in [1.165, 1.54) is 5.06 Å². The Labute approximate surface area is 61.6 Å². The summed E-state index contributed by atoms with van der Waals surface area (Å²) in [6.07, 6.45) is -1.81. The third-order valence-corrected chi connectivity index (χ3v) is 1.51. The summed E-state index contributed by atoms with van der Waals surface area (Å²) in [6, 6.07) is 0. The maximum atomic E-state index is 10.5. The molecule has 0 aromatic heterocycles. The van der Waals surface area contributed by atoms with E-state index in [0.29, 0.717) is 13.0 Å². The summed E-state index contributed by atoms with van der Waals surface area (Å²) in [5.41, 5.74) is 0. The van der Waals surface area contributed by atoms with Crippen LogP contribution in [0.2, 0.25) is 0 Å². The topological polar surface area (TPSA) is 65.1 Å². The molecule has 6 nitrogen and oxygen atoms in total. The van der Waals surface area contributed by atoms with E-state index in [0.717, 1.165) is 0 Å². The molecule has 0 aliphatic carbocycles. The van der Waals surface area contributed by atoms with Crippen LogP contribution in [-0.4, -0.2) is 30.1 Å². The molecule has 0 aromatic rings. The van der Waals surface area contributed by atoms with Gasteiger partial charge in [-0.3, -0.25) is 0 Å². The van der Waals surface area contributed by atoms with Crippen molar-refractivity contribution in [1.82, 2.24) is 5.06 Å². The Morgan fingerprint density at radius 3 is 2.82 bits per heavy atom. The number of carbonyl (C=O) groups is 2. The van der Waals surface area contributed by atoms with E-state index in [1.807, 2.05) is 0 Å². The number of fused-ring (bicyclic) bond motifs is 1. The molecule has 0 N–H and O–H groups in total. The van der Waals surface area contributed by atoms with Gasteiger partial charge < -0.3 is 14.3 Å². The second kappa shape index (κ2) is 2.09. The first-order valence-corrected chi connectivity index (χ1v) is 3.13. The largest absolute Gasteiger partial charge is 0.538 e. The average Bonchev–Trinajstić information content (AvgIpc) is 1.99. The van der Waals surface area contributed by atoms with Gasteiger partial charge in [0.25, 0.3) is 0 Å². The number of hydrogen-bond donors (Lipinski definition) is 0. The lowest BCUT2D eigenvalue weighted by molar-refractivity contribution is -0.240. The van der Waals surface area contributed by atoms with Crippen LogP contribution in [0.5, 0.6) is 0 Å². The minimum absolute atomic E-state index is 0.450. The Balaban J connectivity index is 2.09. The van der Waals surface area contributed by atoms with Gasteiger partial charge in [0.15, 0.2) is 6.23 Å². The average molecular weight is 159 g/mol. The highest BCUT2D eigenvalue weighted by Crippen LogP contribution is 2.22. The molecule has 0 amide bonds. The molecule has 2 saturated heterocycles. The van der Waals surface area contributed by atoms with Gasteiger partial charge in [-0.2, -0.15) is 0 Å². The monoisotopic (exact) mass is 159 g/mol. The summed E-state index contributed by atoms with van der Waals surface area (Å²) in [6.45, 7) is 0.576. The minimum Gasteiger partial charge on any atom is -0.411 e. The second-order valence-electron chi connectivity index (χ2n) is 2.20. The summed E-state index contributed by atoms with van der Waals surface area (Å²) < 4.78 is 8.63. The number of hydroxylamine groups is 2. The smallest absolute Gasteiger partial charge is 0.411 e. The van der Waals surface area contributed by atoms with E-state index >= 15 is 0 Å². The van der Waals surface area contributed by atoms with Gasteiger partial charge in [-0.15, -0.1) is 0 Å². The number of nitrogens with zero attached hydrogens (tertiary/aromatic N) is 1. The molecule has 0 unspecified atom stereocenters. The van der Waals surface area contributed by atoms with Crippen molar-refractivity contribution in [2.75, 3.05) is 6.54 Å². The van der Waals surface area contributed by atoms with Crippen LogP contribution < -0.4 is 0 Å². The van der Waals surface area contributed by atoms with Crippen molar-refractivity contribution in [2.24, 2.45) is 0 Å². The van der Waals surface area contributed by atoms with E-state index < -0.39 is 18.5 Å². The Kier molecular flexibility index (Phi) is 1.22. The molecule has 2 aliphatic heterocycles. The van der Waals surface area contributed by atoms with Crippen molar-refractivity contribution >= 4 is 12.3 Å². The molecular weight excluding hydrogens is 154 g/mol. The summed E-state index contributed by atoms with van der Waals surface area (Å²) in [5, 5.41) is 1.26. The molecule has 60 valence electrons. The van der Waals surface area contributed by atoms with E-state index in [4.69, 9.17) is 0 Å². The second-order valence-corrected chi connectivity index (χ2v) is 2.20. The summed E-state index contributed by atoms with van der Waals surface area (Å²) in [4.78, 5) is 25.5. The third-order valence-electron chi connectivity index (χ3n) is 1.51. The normalized spacial score (nSPS) is 30.4. The van der Waals surface area contributed by atoms with Crippen molar-refractivity contribution in [3.05, 3.63) is 0 Å². The van der Waals surface area contributed by atoms with Crippen LogP contribution in [0.3, 0.4) is 0 Å². The molecular formula is C5H5NO5. The number of hydrogen-bond acceptors (Lipinski definition) is 6. The molecule has 0 aromatic carbocycles. The molecule has 2 heterocycles. The lowest BCUT2D eigenvalue weighted by atomic mass is 10.2. The van der Waals surface area contributed by atoms with Crippen molar-refractivity contribution in [2.45, 2.75) is 12.6 Å². The third kappa shape index (κ3) is 1.01. The van der Waals surface area contributed by atoms with Crippen LogP contribution in [0.25, 0.3) is 0 Å². The summed E-state index contributed by atoms with van der Waals surface area (Å²) >= 11 is 0. The van der Waals surface area contributed by atoms with Gasteiger partial charge in [-0.05, 0) is 0 Å². The van der Waals surface area contributed by atoms with Crippen LogP contribution in [0.1, 0.15) is 6.42 Å². The standard InChI is InChI=1S/C5H5NO5/c7-4-9-3-1-2-6(3)11-5(8)10-4/h3H,1-2H2/t3-/m0/s1. The van der Waals surface area contributed by atoms with Crippen molar-refractivity contribution in [3.8, 4) is 0 Å². The van der Waals surface area contributed by atoms with Gasteiger partial charge >= 0.3 is 12.3 Å². The van der Waals surface area contributed by atoms with Crippen LogP contribution >= 0.6 is 0 Å². The fraction of sp³-hybridized carbons (Fsp3) is 0.600. The molecule has 2 rings (SSSR count). The number of cyclic esters (lactones) is 2. The Bertz CT molecular complexity index is 193. The molecule has 2 fully saturated rings. The van der Waals surface area contributed by atoms with E-state index in [-0.39, 0.29) is 0 Å². The number of carbonyl (C=O) groups excluding carboxylic acids is 2. The zero-order valence-corrected chi connectivity index (χ0v) is 5.48. The molecule has 6 heteroatoms. The van der Waals surface area contributed by atoms with E-state index in [2.05, 4.69) is 14.3 Å². The van der Waals surface area contributed by atoms with E-state index in [1.54, 1.807) is 0 Å². The Hall–Kier alpha value is -1.30. The van der Waals surface area contributed by atoms with Crippen molar-refractivity contribution < 1.29 is 23.9 Å². The molecule has 11 heavy (non-hydrogen) atoms. The quantitative estimate of drug-likeness (QED) is 0.372. The lowest BCUT2D eigenvalue weighted by Crippen LogP contribution is -2.48. The predicted molar refractivity (Wildman–Crippen MR) is 29.2 cm³/mol. The van der Waals surface area contributed by atoms with Crippen LogP contribution in [0, 0.1) is 0 Å². The fourth-order valence-electron chi connectivity index (χ4n) is 0.880. The zero-order valence-electron chi connectivity index (χ0n) is 5.48. The highest BCUT2D eigenvalue weighted by Gasteiger charge is 2.39. The number of rotatable bonds is 0. The van der Waals surface area contributed by atoms with Crippen molar-refractivity contribution in [1.29, 1.82) is 0 Å². The predicted octanol–water partition coefficient (Wildman–Crippen LogP) is 0.237. The van der Waals surface area contributed by atoms with Crippen LogP contribution in [0.15, 0.2) is 0 Å². The SMILES string of the molecule is O=C1OC(=O)ON2CC[C@@H]2O1. The molecule has 1 atom stereocenters. The van der Waals surface area contributed by atoms with Crippen LogP contribution in [0.4, 0.5) is 9.59 Å². The molecule has 2 aliphatic rings. The van der Waals surface area contributed by atoms with Crippen molar-refractivity contribution in [3.63, 3.8) is 0 Å². The van der Waals surface area contributed by atoms with Gasteiger partial charge in [0.2, 0.25) is 0 Å². The van der Waals surface area contributed by atoms with Gasteiger partial charge in [-0.25, -0.2) is 9.59 Å². The van der Waals surface area contributed by atoms with Crippen LogP contribution in [-0.2, 0) is 14.3 Å². The molecule has 0 spiro atoms. The van der Waals surface area contributed by atoms with Gasteiger partial charge in [0, 0.05) is 13.0 Å². The lowest BCUT2D eigenvalue weighted by Gasteiger charge is -2.33. The first-order chi connectivity index (χ1) is 5.25. The van der Waals surface area contributed by atoms with Gasteiger partial charge in [-0.1, -0.05) is 5.06 Å². The summed E-state index contributed by atoms with van der Waals surface area (Å²) in [7, 11) is 0. The Morgan fingerprint density at radius 2 is 2.18 bits per heavy atom. The number of ether oxygens (including phenoxy) is 2. The summed E-state index contributed by atoms with van der Waals surface area (Å²) in [5.74, 6) is 0. The van der Waals surface area contributed by atoms with Gasteiger partial charge in [0.05, 0.1) is 0 Å². The van der Waals surface area contributed by atoms with Gasteiger partial charge in [0.1, 0.15) is 0 Å². The zero-order chi connectivity index (χ0) is 7.84. The fourth-order valence-corrected chi connectivity index (χ4v) is 0.880. The minimum atomic E-state index is -1.03. The molecule has 0 radical (unpaired) electrons. The first kappa shape index (κ1) is 6.41. The molecule has 0 saturated carbocycles. The maximum absolute atomic E-state index is 10.5. The Morgan fingerprint density at radius 1 is 1.36 bits per heavy atom.